The molecule has 0 bridgehead atoms. The van der Waals surface area contributed by atoms with Gasteiger partial charge in [0.2, 0.25) is 0 Å². The molecule has 1 atom stereocenters. The van der Waals surface area contributed by atoms with E-state index in [9.17, 15) is 14.7 Å². The first-order valence-electron chi connectivity index (χ1n) is 10.6. The second-order valence-electron chi connectivity index (χ2n) is 7.73. The zero-order chi connectivity index (χ0) is 22.2. The Balaban J connectivity index is 1.86. The lowest BCUT2D eigenvalue weighted by atomic mass is 10.0. The fourth-order valence-corrected chi connectivity index (χ4v) is 3.67. The SMILES string of the molecule is C[C@@H]1CCCC(=O)CCCC=Cc2cc(OCc3ccccc3Cl)cc(O)c2C(=O)O1. The number of ketones is 1. The first kappa shape index (κ1) is 22.9. The summed E-state index contributed by atoms with van der Waals surface area (Å²) in [6.45, 7) is 2.02. The average Bonchev–Trinajstić information content (AvgIpc) is 2.72. The van der Waals surface area contributed by atoms with Gasteiger partial charge in [-0.3, -0.25) is 4.79 Å². The van der Waals surface area contributed by atoms with Crippen LogP contribution in [0.5, 0.6) is 11.5 Å². The van der Waals surface area contributed by atoms with Crippen molar-refractivity contribution in [2.75, 3.05) is 0 Å². The van der Waals surface area contributed by atoms with Crippen molar-refractivity contribution in [1.82, 2.24) is 0 Å². The zero-order valence-electron chi connectivity index (χ0n) is 17.6. The highest BCUT2D eigenvalue weighted by Crippen LogP contribution is 2.31. The van der Waals surface area contributed by atoms with Gasteiger partial charge in [-0.2, -0.15) is 0 Å². The number of carbonyl (C=O) groups excluding carboxylic acids is 2. The van der Waals surface area contributed by atoms with Crippen molar-refractivity contribution >= 4 is 29.4 Å². The smallest absolute Gasteiger partial charge is 0.342 e. The quantitative estimate of drug-likeness (QED) is 0.581. The van der Waals surface area contributed by atoms with Crippen LogP contribution in [0, 0.1) is 0 Å². The number of esters is 1. The number of Topliss-reactive ketones (excluding diaryl/α,β-unsaturated/α-hetero) is 1. The number of phenolic OH excluding ortho intramolecular Hbond substituents is 1. The first-order chi connectivity index (χ1) is 14.9. The van der Waals surface area contributed by atoms with Gasteiger partial charge in [0.15, 0.2) is 0 Å². The van der Waals surface area contributed by atoms with Crippen LogP contribution in [0.3, 0.4) is 0 Å². The second kappa shape index (κ2) is 11.0. The molecule has 5 nitrogen and oxygen atoms in total. The fraction of sp³-hybridized carbons (Fsp3) is 0.360. The monoisotopic (exact) mass is 442 g/mol. The van der Waals surface area contributed by atoms with Crippen LogP contribution in [-0.2, 0) is 16.1 Å². The van der Waals surface area contributed by atoms with E-state index in [-0.39, 0.29) is 29.8 Å². The van der Waals surface area contributed by atoms with Gasteiger partial charge in [0.25, 0.3) is 0 Å². The molecule has 1 N–H and O–H groups in total. The van der Waals surface area contributed by atoms with Crippen LogP contribution in [0.15, 0.2) is 42.5 Å². The number of halogens is 1. The molecule has 1 heterocycles. The summed E-state index contributed by atoms with van der Waals surface area (Å²) in [5, 5.41) is 11.2. The maximum Gasteiger partial charge on any atom is 0.342 e. The Kier molecular flexibility index (Phi) is 8.13. The van der Waals surface area contributed by atoms with E-state index >= 15 is 0 Å². The molecule has 6 heteroatoms. The Morgan fingerprint density at radius 2 is 1.94 bits per heavy atom. The van der Waals surface area contributed by atoms with Gasteiger partial charge in [-0.15, -0.1) is 0 Å². The van der Waals surface area contributed by atoms with Crippen LogP contribution in [0.2, 0.25) is 5.02 Å². The Bertz CT molecular complexity index is 966. The molecule has 0 saturated heterocycles. The molecule has 2 aromatic rings. The Morgan fingerprint density at radius 3 is 2.74 bits per heavy atom. The predicted molar refractivity (Wildman–Crippen MR) is 121 cm³/mol. The minimum atomic E-state index is -0.592. The van der Waals surface area contributed by atoms with Gasteiger partial charge in [-0.1, -0.05) is 42.0 Å². The summed E-state index contributed by atoms with van der Waals surface area (Å²) in [5.74, 6) is -0.142. The van der Waals surface area contributed by atoms with Crippen LogP contribution in [-0.4, -0.2) is 23.0 Å². The Labute approximate surface area is 187 Å². The molecule has 1 aliphatic rings. The van der Waals surface area contributed by atoms with E-state index in [0.717, 1.165) is 12.0 Å². The molecule has 0 radical (unpaired) electrons. The van der Waals surface area contributed by atoms with E-state index < -0.39 is 5.97 Å². The number of cyclic esters (lactones) is 1. The molecule has 0 aliphatic carbocycles. The highest BCUT2D eigenvalue weighted by molar-refractivity contribution is 6.31. The highest BCUT2D eigenvalue weighted by Gasteiger charge is 2.21. The molecule has 0 spiro atoms. The average molecular weight is 443 g/mol. The lowest BCUT2D eigenvalue weighted by Gasteiger charge is -2.16. The molecule has 0 unspecified atom stereocenters. The summed E-state index contributed by atoms with van der Waals surface area (Å²) in [7, 11) is 0. The normalized spacial score (nSPS) is 18.1. The van der Waals surface area contributed by atoms with E-state index in [1.807, 2.05) is 24.3 Å². The van der Waals surface area contributed by atoms with Gasteiger partial charge >= 0.3 is 5.97 Å². The third kappa shape index (κ3) is 6.59. The predicted octanol–water partition coefficient (Wildman–Crippen LogP) is 6.11. The Hall–Kier alpha value is -2.79. The number of hydrogen-bond donors (Lipinski definition) is 1. The van der Waals surface area contributed by atoms with Gasteiger partial charge < -0.3 is 14.6 Å². The number of allylic oxidation sites excluding steroid dienone is 1. The molecule has 1 aliphatic heterocycles. The molecule has 0 fully saturated rings. The third-order valence-corrected chi connectivity index (χ3v) is 5.54. The third-order valence-electron chi connectivity index (χ3n) is 5.18. The van der Waals surface area contributed by atoms with E-state index in [2.05, 4.69) is 0 Å². The molecule has 0 amide bonds. The molecule has 164 valence electrons. The number of ether oxygens (including phenoxy) is 2. The van der Waals surface area contributed by atoms with Crippen LogP contribution in [0.25, 0.3) is 6.08 Å². The van der Waals surface area contributed by atoms with Crippen molar-refractivity contribution in [3.63, 3.8) is 0 Å². The van der Waals surface area contributed by atoms with Crippen LogP contribution >= 0.6 is 11.6 Å². The number of rotatable bonds is 3. The summed E-state index contributed by atoms with van der Waals surface area (Å²) in [4.78, 5) is 24.7. The van der Waals surface area contributed by atoms with Gasteiger partial charge in [-0.05, 0) is 50.3 Å². The summed E-state index contributed by atoms with van der Waals surface area (Å²) in [6.07, 6.45) is 7.07. The topological polar surface area (TPSA) is 72.8 Å². The van der Waals surface area contributed by atoms with Crippen molar-refractivity contribution in [1.29, 1.82) is 0 Å². The standard InChI is InChI=1S/C25H27ClO5/c1-17-8-7-12-20(27)11-4-2-3-9-18-14-21(15-23(28)24(18)25(29)31-17)30-16-19-10-5-6-13-22(19)26/h3,5-6,9-10,13-15,17,28H,2,4,7-8,11-12,16H2,1H3/t17-/m1/s1. The van der Waals surface area contributed by atoms with Crippen molar-refractivity contribution in [2.24, 2.45) is 0 Å². The summed E-state index contributed by atoms with van der Waals surface area (Å²) in [5.41, 5.74) is 1.44. The number of benzene rings is 2. The van der Waals surface area contributed by atoms with Crippen molar-refractivity contribution in [3.8, 4) is 11.5 Å². The highest BCUT2D eigenvalue weighted by atomic mass is 35.5. The Morgan fingerprint density at radius 1 is 1.16 bits per heavy atom. The van der Waals surface area contributed by atoms with Crippen molar-refractivity contribution in [2.45, 2.75) is 58.2 Å². The molecule has 3 rings (SSSR count). The van der Waals surface area contributed by atoms with Crippen LogP contribution in [0.4, 0.5) is 0 Å². The zero-order valence-corrected chi connectivity index (χ0v) is 18.4. The van der Waals surface area contributed by atoms with E-state index in [1.54, 1.807) is 25.1 Å². The summed E-state index contributed by atoms with van der Waals surface area (Å²) in [6, 6.07) is 10.5. The maximum absolute atomic E-state index is 12.8. The second-order valence-corrected chi connectivity index (χ2v) is 8.14. The minimum Gasteiger partial charge on any atom is -0.507 e. The van der Waals surface area contributed by atoms with Gasteiger partial charge in [0, 0.05) is 29.5 Å². The van der Waals surface area contributed by atoms with Crippen molar-refractivity contribution < 1.29 is 24.2 Å². The largest absolute Gasteiger partial charge is 0.507 e. The molecule has 2 aromatic carbocycles. The van der Waals surface area contributed by atoms with Gasteiger partial charge in [-0.25, -0.2) is 4.79 Å². The molecule has 31 heavy (non-hydrogen) atoms. The molecule has 0 aromatic heterocycles. The van der Waals surface area contributed by atoms with Crippen LogP contribution < -0.4 is 4.74 Å². The lowest BCUT2D eigenvalue weighted by molar-refractivity contribution is -0.119. The molecular formula is C25H27ClO5. The summed E-state index contributed by atoms with van der Waals surface area (Å²) >= 11 is 6.18. The number of aromatic hydroxyl groups is 1. The number of fused-ring (bicyclic) bond motifs is 1. The fourth-order valence-electron chi connectivity index (χ4n) is 3.48. The minimum absolute atomic E-state index is 0.112. The molecule has 0 saturated carbocycles. The summed E-state index contributed by atoms with van der Waals surface area (Å²) < 4.78 is 11.3. The van der Waals surface area contributed by atoms with Gasteiger partial charge in [0.05, 0.1) is 6.10 Å². The maximum atomic E-state index is 12.8. The van der Waals surface area contributed by atoms with E-state index in [1.165, 1.54) is 6.07 Å². The molecular weight excluding hydrogens is 416 g/mol. The lowest BCUT2D eigenvalue weighted by Crippen LogP contribution is -2.17. The van der Waals surface area contributed by atoms with E-state index in [0.29, 0.717) is 48.4 Å². The number of hydrogen-bond acceptors (Lipinski definition) is 5. The number of phenols is 1. The van der Waals surface area contributed by atoms with Gasteiger partial charge in [0.1, 0.15) is 29.5 Å². The number of carbonyl (C=O) groups is 2. The van der Waals surface area contributed by atoms with E-state index in [4.69, 9.17) is 21.1 Å². The van der Waals surface area contributed by atoms with Crippen molar-refractivity contribution in [3.05, 3.63) is 64.2 Å². The van der Waals surface area contributed by atoms with Crippen LogP contribution in [0.1, 0.15) is 66.9 Å². The first-order valence-corrected chi connectivity index (χ1v) is 10.9.